The number of rotatable bonds is 3. The minimum Gasteiger partial charge on any atom is -0.258 e. The van der Waals surface area contributed by atoms with Crippen LogP contribution in [0.5, 0.6) is 0 Å². The van der Waals surface area contributed by atoms with Crippen LogP contribution in [0.15, 0.2) is 52.3 Å². The molecule has 2 aromatic carbocycles. The van der Waals surface area contributed by atoms with Gasteiger partial charge in [0.1, 0.15) is 0 Å². The molecule has 2 aromatic rings. The first kappa shape index (κ1) is 13.1. The average Bonchev–Trinajstić information content (AvgIpc) is 2.39. The largest absolute Gasteiger partial charge is 0.272 e. The molecule has 0 aliphatic carbocycles. The van der Waals surface area contributed by atoms with Crippen LogP contribution in [0.1, 0.15) is 11.1 Å². The topological polar surface area (TPSA) is 66.9 Å². The van der Waals surface area contributed by atoms with Crippen LogP contribution < -0.4 is 0 Å². The number of nitro benzene ring substituents is 1. The summed E-state index contributed by atoms with van der Waals surface area (Å²) in [5, 5.41) is 19.4. The zero-order chi connectivity index (χ0) is 13.8. The van der Waals surface area contributed by atoms with Gasteiger partial charge in [0.25, 0.3) is 5.69 Å². The molecule has 0 unspecified atom stereocenters. The van der Waals surface area contributed by atoms with E-state index in [0.29, 0.717) is 11.1 Å². The summed E-state index contributed by atoms with van der Waals surface area (Å²) in [6.45, 7) is 1.72. The first-order valence-corrected chi connectivity index (χ1v) is 6.35. The normalized spacial score (nSPS) is 9.89. The Balaban J connectivity index is 2.21. The van der Waals surface area contributed by atoms with Gasteiger partial charge in [0.15, 0.2) is 0 Å². The average molecular weight is 270 g/mol. The van der Waals surface area contributed by atoms with Crippen molar-refractivity contribution in [1.82, 2.24) is 0 Å². The molecule has 0 heterocycles. The second kappa shape index (κ2) is 5.55. The minimum atomic E-state index is -0.383. The summed E-state index contributed by atoms with van der Waals surface area (Å²) in [6, 6.07) is 14.3. The molecule has 5 heteroatoms. The molecule has 0 aromatic heterocycles. The maximum atomic E-state index is 10.7. The summed E-state index contributed by atoms with van der Waals surface area (Å²) in [5.74, 6) is 0. The molecule has 0 radical (unpaired) electrons. The monoisotopic (exact) mass is 270 g/mol. The van der Waals surface area contributed by atoms with Gasteiger partial charge in [0.2, 0.25) is 0 Å². The molecule has 0 amide bonds. The highest BCUT2D eigenvalue weighted by molar-refractivity contribution is 7.99. The van der Waals surface area contributed by atoms with Crippen LogP contribution in [-0.4, -0.2) is 4.92 Å². The highest BCUT2D eigenvalue weighted by Gasteiger charge is 2.10. The zero-order valence-electron chi connectivity index (χ0n) is 10.2. The van der Waals surface area contributed by atoms with Crippen molar-refractivity contribution in [1.29, 1.82) is 5.26 Å². The molecule has 0 bridgehead atoms. The molecule has 2 rings (SSSR count). The Morgan fingerprint density at radius 3 is 2.32 bits per heavy atom. The van der Waals surface area contributed by atoms with Crippen LogP contribution in [0.4, 0.5) is 5.69 Å². The van der Waals surface area contributed by atoms with Crippen molar-refractivity contribution in [3.8, 4) is 6.07 Å². The Bertz CT molecular complexity index is 660. The van der Waals surface area contributed by atoms with E-state index in [4.69, 9.17) is 5.26 Å². The highest BCUT2D eigenvalue weighted by Crippen LogP contribution is 2.31. The van der Waals surface area contributed by atoms with Gasteiger partial charge in [0.05, 0.1) is 16.6 Å². The number of hydrogen-bond acceptors (Lipinski definition) is 4. The van der Waals surface area contributed by atoms with Gasteiger partial charge >= 0.3 is 0 Å². The van der Waals surface area contributed by atoms with Crippen molar-refractivity contribution in [3.63, 3.8) is 0 Å². The van der Waals surface area contributed by atoms with Gasteiger partial charge in [-0.25, -0.2) is 0 Å². The SMILES string of the molecule is Cc1cc(Sc2ccc(C#N)cc2)ccc1[N+](=O)[O-]. The van der Waals surface area contributed by atoms with E-state index >= 15 is 0 Å². The maximum absolute atomic E-state index is 10.7. The van der Waals surface area contributed by atoms with Crippen LogP contribution in [-0.2, 0) is 0 Å². The Hall–Kier alpha value is -2.32. The Morgan fingerprint density at radius 1 is 1.16 bits per heavy atom. The molecule has 0 aliphatic rings. The number of hydrogen-bond donors (Lipinski definition) is 0. The molecule has 0 spiro atoms. The van der Waals surface area contributed by atoms with Gasteiger partial charge in [-0.1, -0.05) is 11.8 Å². The second-order valence-electron chi connectivity index (χ2n) is 3.94. The number of nitrogens with zero attached hydrogens (tertiary/aromatic N) is 2. The van der Waals surface area contributed by atoms with Crippen molar-refractivity contribution in [2.75, 3.05) is 0 Å². The Morgan fingerprint density at radius 2 is 1.79 bits per heavy atom. The number of aryl methyl sites for hydroxylation is 1. The van der Waals surface area contributed by atoms with Gasteiger partial charge in [0, 0.05) is 21.4 Å². The third kappa shape index (κ3) is 3.12. The van der Waals surface area contributed by atoms with E-state index in [-0.39, 0.29) is 10.6 Å². The van der Waals surface area contributed by atoms with E-state index in [9.17, 15) is 10.1 Å². The minimum absolute atomic E-state index is 0.129. The first-order chi connectivity index (χ1) is 9.10. The van der Waals surface area contributed by atoms with Crippen molar-refractivity contribution >= 4 is 17.4 Å². The van der Waals surface area contributed by atoms with E-state index in [1.165, 1.54) is 17.8 Å². The molecular formula is C14H10N2O2S. The van der Waals surface area contributed by atoms with E-state index < -0.39 is 0 Å². The molecule has 19 heavy (non-hydrogen) atoms. The molecular weight excluding hydrogens is 260 g/mol. The van der Waals surface area contributed by atoms with E-state index in [0.717, 1.165) is 9.79 Å². The van der Waals surface area contributed by atoms with Crippen molar-refractivity contribution in [3.05, 3.63) is 63.7 Å². The Kier molecular flexibility index (Phi) is 3.83. The molecule has 0 saturated heterocycles. The fraction of sp³-hybridized carbons (Fsp3) is 0.0714. The van der Waals surface area contributed by atoms with Gasteiger partial charge in [-0.15, -0.1) is 0 Å². The van der Waals surface area contributed by atoms with Crippen LogP contribution in [0.2, 0.25) is 0 Å². The lowest BCUT2D eigenvalue weighted by molar-refractivity contribution is -0.385. The van der Waals surface area contributed by atoms with Crippen LogP contribution in [0.25, 0.3) is 0 Å². The van der Waals surface area contributed by atoms with Gasteiger partial charge < -0.3 is 0 Å². The zero-order valence-corrected chi connectivity index (χ0v) is 11.0. The predicted molar refractivity (Wildman–Crippen MR) is 73.1 cm³/mol. The number of nitriles is 1. The number of benzene rings is 2. The van der Waals surface area contributed by atoms with Crippen LogP contribution >= 0.6 is 11.8 Å². The van der Waals surface area contributed by atoms with Gasteiger partial charge in [-0.3, -0.25) is 10.1 Å². The molecule has 0 fully saturated rings. The maximum Gasteiger partial charge on any atom is 0.272 e. The number of nitro groups is 1. The molecule has 94 valence electrons. The summed E-state index contributed by atoms with van der Waals surface area (Å²) < 4.78 is 0. The third-order valence-corrected chi connectivity index (χ3v) is 3.58. The molecule has 4 nitrogen and oxygen atoms in total. The fourth-order valence-electron chi connectivity index (χ4n) is 1.63. The van der Waals surface area contributed by atoms with Gasteiger partial charge in [-0.2, -0.15) is 5.26 Å². The summed E-state index contributed by atoms with van der Waals surface area (Å²) in [5.41, 5.74) is 1.39. The smallest absolute Gasteiger partial charge is 0.258 e. The molecule has 0 N–H and O–H groups in total. The molecule has 0 aliphatic heterocycles. The summed E-state index contributed by atoms with van der Waals surface area (Å²) >= 11 is 1.51. The van der Waals surface area contributed by atoms with Crippen LogP contribution in [0.3, 0.4) is 0 Å². The van der Waals surface area contributed by atoms with E-state index in [2.05, 4.69) is 6.07 Å². The quantitative estimate of drug-likeness (QED) is 0.626. The van der Waals surface area contributed by atoms with E-state index in [1.54, 1.807) is 31.2 Å². The first-order valence-electron chi connectivity index (χ1n) is 5.53. The summed E-state index contributed by atoms with van der Waals surface area (Å²) in [6.07, 6.45) is 0. The Labute approximate surface area is 114 Å². The molecule has 0 atom stereocenters. The van der Waals surface area contributed by atoms with Crippen molar-refractivity contribution < 1.29 is 4.92 Å². The predicted octanol–water partition coefficient (Wildman–Crippen LogP) is 3.93. The third-order valence-electron chi connectivity index (χ3n) is 2.58. The highest BCUT2D eigenvalue weighted by atomic mass is 32.2. The molecule has 0 saturated carbocycles. The second-order valence-corrected chi connectivity index (χ2v) is 5.09. The summed E-state index contributed by atoms with van der Waals surface area (Å²) in [7, 11) is 0. The van der Waals surface area contributed by atoms with Crippen molar-refractivity contribution in [2.45, 2.75) is 16.7 Å². The fourth-order valence-corrected chi connectivity index (χ4v) is 2.55. The van der Waals surface area contributed by atoms with Gasteiger partial charge in [-0.05, 0) is 43.3 Å². The van der Waals surface area contributed by atoms with Crippen LogP contribution in [0, 0.1) is 28.4 Å². The van der Waals surface area contributed by atoms with Crippen molar-refractivity contribution in [2.24, 2.45) is 0 Å². The summed E-state index contributed by atoms with van der Waals surface area (Å²) in [4.78, 5) is 12.3. The lowest BCUT2D eigenvalue weighted by atomic mass is 10.2. The van der Waals surface area contributed by atoms with E-state index in [1.807, 2.05) is 12.1 Å². The lowest BCUT2D eigenvalue weighted by Crippen LogP contribution is -1.91. The standard InChI is InChI=1S/C14H10N2O2S/c1-10-8-13(6-7-14(10)16(17)18)19-12-4-2-11(9-15)3-5-12/h2-8H,1H3. The lowest BCUT2D eigenvalue weighted by Gasteiger charge is -2.03.